The van der Waals surface area contributed by atoms with E-state index < -0.39 is 21.7 Å². The van der Waals surface area contributed by atoms with E-state index in [0.717, 1.165) is 11.1 Å². The molecule has 0 bridgehead atoms. The van der Waals surface area contributed by atoms with Gasteiger partial charge < -0.3 is 28.4 Å². The fraction of sp³-hybridized carbons (Fsp3) is 0.370. The number of nitrogens with one attached hydrogen (secondary N) is 1. The lowest BCUT2D eigenvalue weighted by molar-refractivity contribution is 0.0285. The number of fused-ring (bicyclic) bond motifs is 1. The Morgan fingerprint density at radius 2 is 1.78 bits per heavy atom. The number of hydrogen-bond donors (Lipinski definition) is 1. The molecule has 0 aliphatic rings. The second kappa shape index (κ2) is 11.6. The van der Waals surface area contributed by atoms with Gasteiger partial charge in [-0.05, 0) is 50.6 Å². The van der Waals surface area contributed by atoms with Crippen molar-refractivity contribution in [3.8, 4) is 17.2 Å². The third-order valence-electron chi connectivity index (χ3n) is 5.87. The third kappa shape index (κ3) is 6.82. The van der Waals surface area contributed by atoms with E-state index in [-0.39, 0.29) is 16.5 Å². The molecule has 2 aromatic carbocycles. The molecule has 0 spiro atoms. The fourth-order valence-corrected chi connectivity index (χ4v) is 5.19. The Morgan fingerprint density at radius 1 is 1.05 bits per heavy atom. The van der Waals surface area contributed by atoms with E-state index >= 15 is 0 Å². The smallest absolute Gasteiger partial charge is 0.410 e. The van der Waals surface area contributed by atoms with E-state index in [1.807, 2.05) is 27.0 Å². The lowest BCUT2D eigenvalue weighted by Gasteiger charge is -2.24. The molecule has 2 aromatic heterocycles. The molecule has 0 atom stereocenters. The van der Waals surface area contributed by atoms with Crippen LogP contribution in [0.2, 0.25) is 0 Å². The van der Waals surface area contributed by atoms with Gasteiger partial charge in [-0.3, -0.25) is 9.40 Å². The van der Waals surface area contributed by atoms with Crippen molar-refractivity contribution in [2.45, 2.75) is 44.4 Å². The minimum Gasteiger partial charge on any atom is -0.497 e. The van der Waals surface area contributed by atoms with Crippen molar-refractivity contribution >= 4 is 32.9 Å². The number of anilines is 1. The Labute approximate surface area is 238 Å². The second-order valence-corrected chi connectivity index (χ2v) is 11.9. The number of ether oxygens (including phenoxy) is 4. The normalized spacial score (nSPS) is 11.8. The molecule has 2 heterocycles. The van der Waals surface area contributed by atoms with Crippen LogP contribution in [0, 0.1) is 0 Å². The first-order valence-corrected chi connectivity index (χ1v) is 14.0. The molecule has 4 aromatic rings. The summed E-state index contributed by atoms with van der Waals surface area (Å²) in [6, 6.07) is 7.84. The van der Waals surface area contributed by atoms with E-state index in [0.29, 0.717) is 35.6 Å². The van der Waals surface area contributed by atoms with Gasteiger partial charge in [0.1, 0.15) is 33.1 Å². The predicted octanol–water partition coefficient (Wildman–Crippen LogP) is 4.27. The molecule has 13 nitrogen and oxygen atoms in total. The molecule has 1 amide bonds. The molecule has 0 aliphatic heterocycles. The first-order chi connectivity index (χ1) is 19.3. The van der Waals surface area contributed by atoms with Gasteiger partial charge in [-0.25, -0.2) is 13.2 Å². The molecule has 0 saturated carbocycles. The van der Waals surface area contributed by atoms with Crippen molar-refractivity contribution in [3.05, 3.63) is 53.9 Å². The highest BCUT2D eigenvalue weighted by atomic mass is 32.2. The molecule has 1 N–H and O–H groups in total. The van der Waals surface area contributed by atoms with Crippen molar-refractivity contribution in [1.29, 1.82) is 0 Å². The monoisotopic (exact) mass is 587 g/mol. The molecule has 0 saturated heterocycles. The maximum absolute atomic E-state index is 13.2. The molecular weight excluding hydrogens is 554 g/mol. The molecule has 0 unspecified atom stereocenters. The number of hydrogen-bond acceptors (Lipinski definition) is 10. The third-order valence-corrected chi connectivity index (χ3v) is 7.24. The van der Waals surface area contributed by atoms with Crippen molar-refractivity contribution in [3.63, 3.8) is 0 Å². The Morgan fingerprint density at radius 3 is 2.44 bits per heavy atom. The average Bonchev–Trinajstić information content (AvgIpc) is 3.52. The van der Waals surface area contributed by atoms with Crippen LogP contribution in [0.4, 0.5) is 10.6 Å². The number of nitrogens with zero attached hydrogens (tertiary/aromatic N) is 4. The molecule has 4 rings (SSSR count). The number of carbonyl (C=O) groups is 1. The highest BCUT2D eigenvalue weighted by molar-refractivity contribution is 7.92. The number of benzene rings is 2. The van der Waals surface area contributed by atoms with Crippen LogP contribution < -0.4 is 18.9 Å². The van der Waals surface area contributed by atoms with Gasteiger partial charge in [0.15, 0.2) is 11.4 Å². The van der Waals surface area contributed by atoms with E-state index in [1.54, 1.807) is 30.1 Å². The quantitative estimate of drug-likeness (QED) is 0.285. The first kappa shape index (κ1) is 29.5. The zero-order valence-corrected chi connectivity index (χ0v) is 24.7. The maximum atomic E-state index is 13.2. The highest BCUT2D eigenvalue weighted by Crippen LogP contribution is 2.36. The van der Waals surface area contributed by atoms with Gasteiger partial charge in [0, 0.05) is 24.9 Å². The van der Waals surface area contributed by atoms with Crippen LogP contribution in [0.3, 0.4) is 0 Å². The van der Waals surface area contributed by atoms with Crippen LogP contribution in [0.25, 0.3) is 11.0 Å². The van der Waals surface area contributed by atoms with Crippen LogP contribution in [0.5, 0.6) is 17.2 Å². The van der Waals surface area contributed by atoms with Gasteiger partial charge in [-0.15, -0.1) is 0 Å². The number of methoxy groups -OCH3 is 3. The van der Waals surface area contributed by atoms with Crippen LogP contribution in [-0.4, -0.2) is 68.3 Å². The number of amides is 1. The Kier molecular flexibility index (Phi) is 8.33. The molecule has 14 heteroatoms. The van der Waals surface area contributed by atoms with Crippen molar-refractivity contribution < 1.29 is 36.7 Å². The van der Waals surface area contributed by atoms with Crippen molar-refractivity contribution in [2.24, 2.45) is 0 Å². The molecule has 0 radical (unpaired) electrons. The fourth-order valence-electron chi connectivity index (χ4n) is 4.03. The summed E-state index contributed by atoms with van der Waals surface area (Å²) >= 11 is 0. The summed E-state index contributed by atoms with van der Waals surface area (Å²) in [4.78, 5) is 13.7. The molecule has 0 fully saturated rings. The van der Waals surface area contributed by atoms with Crippen molar-refractivity contribution in [2.75, 3.05) is 33.1 Å². The van der Waals surface area contributed by atoms with Crippen LogP contribution in [0.1, 0.15) is 31.9 Å². The van der Waals surface area contributed by atoms with E-state index in [2.05, 4.69) is 15.0 Å². The maximum Gasteiger partial charge on any atom is 0.410 e. The van der Waals surface area contributed by atoms with Crippen LogP contribution >= 0.6 is 0 Å². The molecule has 220 valence electrons. The first-order valence-electron chi connectivity index (χ1n) is 12.5. The van der Waals surface area contributed by atoms with Gasteiger partial charge in [0.2, 0.25) is 0 Å². The molecular formula is C27H33N5O8S. The number of sulfonamides is 1. The zero-order valence-electron chi connectivity index (χ0n) is 23.9. The lowest BCUT2D eigenvalue weighted by Crippen LogP contribution is -2.33. The van der Waals surface area contributed by atoms with Gasteiger partial charge in [-0.1, -0.05) is 5.16 Å². The van der Waals surface area contributed by atoms with Crippen LogP contribution in [0.15, 0.2) is 52.1 Å². The molecule has 0 aliphatic carbocycles. The number of rotatable bonds is 10. The lowest BCUT2D eigenvalue weighted by atomic mass is 10.1. The van der Waals surface area contributed by atoms with Crippen LogP contribution in [-0.2, 0) is 27.8 Å². The SMILES string of the molecule is COc1ccc(S(=O)(=O)Nc2noc3cc(Cn4cc(CN(C)C(=O)OC(C)(C)C)cn4)cc(OC)c23)c(OC)c1. The standard InChI is InChI=1S/C27H33N5O8S/c1-27(2,3)39-26(33)31(4)14-18-13-28-32(16-18)15-17-10-21(38-7)24-22(11-17)40-29-25(24)30-41(34,35)23-9-8-19(36-5)12-20(23)37-6/h8-13,16H,14-15H2,1-7H3,(H,29,30). The Bertz CT molecular complexity index is 1660. The van der Waals surface area contributed by atoms with Gasteiger partial charge >= 0.3 is 6.09 Å². The van der Waals surface area contributed by atoms with Gasteiger partial charge in [0.05, 0.1) is 40.6 Å². The number of carbonyl (C=O) groups excluding carboxylic acids is 1. The minimum atomic E-state index is -4.11. The van der Waals surface area contributed by atoms with E-state index in [9.17, 15) is 13.2 Å². The molecule has 41 heavy (non-hydrogen) atoms. The summed E-state index contributed by atoms with van der Waals surface area (Å²) in [6.45, 7) is 6.11. The number of aromatic nitrogens is 3. The largest absolute Gasteiger partial charge is 0.497 e. The summed E-state index contributed by atoms with van der Waals surface area (Å²) in [5, 5.41) is 8.69. The minimum absolute atomic E-state index is 0.0344. The van der Waals surface area contributed by atoms with Crippen molar-refractivity contribution in [1.82, 2.24) is 19.8 Å². The summed E-state index contributed by atoms with van der Waals surface area (Å²) < 4.78 is 57.4. The zero-order chi connectivity index (χ0) is 29.9. The van der Waals surface area contributed by atoms with E-state index in [1.165, 1.54) is 44.4 Å². The van der Waals surface area contributed by atoms with E-state index in [4.69, 9.17) is 23.5 Å². The Balaban J connectivity index is 1.54. The summed E-state index contributed by atoms with van der Waals surface area (Å²) in [7, 11) is 1.85. The summed E-state index contributed by atoms with van der Waals surface area (Å²) in [5.74, 6) is 0.874. The van der Waals surface area contributed by atoms with Gasteiger partial charge in [-0.2, -0.15) is 5.10 Å². The average molecular weight is 588 g/mol. The second-order valence-electron chi connectivity index (χ2n) is 10.2. The summed E-state index contributed by atoms with van der Waals surface area (Å²) in [6.07, 6.45) is 3.06. The Hall–Kier alpha value is -4.46. The van der Waals surface area contributed by atoms with Gasteiger partial charge in [0.25, 0.3) is 10.0 Å². The summed E-state index contributed by atoms with van der Waals surface area (Å²) in [5.41, 5.74) is 1.31. The highest BCUT2D eigenvalue weighted by Gasteiger charge is 2.25. The predicted molar refractivity (Wildman–Crippen MR) is 150 cm³/mol. The topological polar surface area (TPSA) is 147 Å².